The number of piperidine rings is 1. The van der Waals surface area contributed by atoms with Crippen LogP contribution < -0.4 is 16.0 Å². The number of imidazole rings is 1. The van der Waals surface area contributed by atoms with Gasteiger partial charge < -0.3 is 20.7 Å². The van der Waals surface area contributed by atoms with Crippen LogP contribution in [0.1, 0.15) is 41.5 Å². The smallest absolute Gasteiger partial charge is 0.270 e. The van der Waals surface area contributed by atoms with Crippen LogP contribution in [0.25, 0.3) is 5.65 Å². The number of aromatic nitrogens is 2. The molecular weight excluding hydrogens is 378 g/mol. The molecule has 3 N–H and O–H groups in total. The Bertz CT molecular complexity index is 1050. The number of carbonyl (C=O) groups excluding carboxylic acids is 2. The van der Waals surface area contributed by atoms with Crippen LogP contribution in [0.15, 0.2) is 42.6 Å². The molecule has 3 aromatic rings. The molecule has 0 aliphatic carbocycles. The first-order valence-electron chi connectivity index (χ1n) is 10.4. The highest BCUT2D eigenvalue weighted by molar-refractivity contribution is 5.94. The van der Waals surface area contributed by atoms with Crippen molar-refractivity contribution in [1.82, 2.24) is 14.7 Å². The molecule has 1 fully saturated rings. The first-order valence-corrected chi connectivity index (χ1v) is 10.4. The van der Waals surface area contributed by atoms with E-state index in [1.807, 2.05) is 19.1 Å². The largest absolute Gasteiger partial charge is 0.399 e. The summed E-state index contributed by atoms with van der Waals surface area (Å²) in [5.74, 6) is 0.0453. The van der Waals surface area contributed by atoms with Crippen LogP contribution in [0.5, 0.6) is 0 Å². The van der Waals surface area contributed by atoms with Gasteiger partial charge in [0.15, 0.2) is 0 Å². The van der Waals surface area contributed by atoms with Crippen molar-refractivity contribution in [3.05, 3.63) is 59.5 Å². The van der Waals surface area contributed by atoms with Crippen molar-refractivity contribution in [3.8, 4) is 0 Å². The topological polar surface area (TPSA) is 92.7 Å². The van der Waals surface area contributed by atoms with Gasteiger partial charge in [-0.25, -0.2) is 4.98 Å². The number of hydrogen-bond donors (Lipinski definition) is 2. The highest BCUT2D eigenvalue weighted by atomic mass is 16.2. The fourth-order valence-electron chi connectivity index (χ4n) is 3.98. The number of fused-ring (bicyclic) bond motifs is 1. The van der Waals surface area contributed by atoms with Gasteiger partial charge in [0, 0.05) is 49.2 Å². The summed E-state index contributed by atoms with van der Waals surface area (Å²) in [7, 11) is 0. The monoisotopic (exact) mass is 405 g/mol. The Morgan fingerprint density at radius 1 is 1.23 bits per heavy atom. The number of aldehydes is 1. The molecule has 0 unspecified atom stereocenters. The first kappa shape index (κ1) is 19.9. The summed E-state index contributed by atoms with van der Waals surface area (Å²) in [6.45, 7) is 4.23. The highest BCUT2D eigenvalue weighted by Gasteiger charge is 2.20. The van der Waals surface area contributed by atoms with E-state index in [9.17, 15) is 9.59 Å². The molecule has 0 bridgehead atoms. The van der Waals surface area contributed by atoms with Gasteiger partial charge in [-0.15, -0.1) is 0 Å². The molecule has 2 aromatic heterocycles. The standard InChI is InChI=1S/C23H27N5O2/c1-2-20-22(28-12-9-18(24)13-21(28)26-20)23(30)25-14-16-3-5-19(6-4-16)27-10-7-17(15-29)8-11-27/h3-6,9,12-13,15,17H,2,7-8,10-11,14,24H2,1H3,(H,25,30). The van der Waals surface area contributed by atoms with E-state index in [0.717, 1.165) is 49.2 Å². The maximum atomic E-state index is 12.9. The molecular formula is C23H27N5O2. The van der Waals surface area contributed by atoms with Crippen molar-refractivity contribution in [2.24, 2.45) is 5.92 Å². The van der Waals surface area contributed by atoms with E-state index >= 15 is 0 Å². The fraction of sp³-hybridized carbons (Fsp3) is 0.348. The maximum absolute atomic E-state index is 12.9. The molecule has 3 heterocycles. The summed E-state index contributed by atoms with van der Waals surface area (Å²) in [5.41, 5.74) is 10.6. The molecule has 1 aliphatic heterocycles. The van der Waals surface area contributed by atoms with Crippen molar-refractivity contribution in [3.63, 3.8) is 0 Å². The molecule has 1 saturated heterocycles. The van der Waals surface area contributed by atoms with Crippen molar-refractivity contribution in [2.45, 2.75) is 32.7 Å². The number of amides is 1. The molecule has 0 radical (unpaired) electrons. The summed E-state index contributed by atoms with van der Waals surface area (Å²) in [5, 5.41) is 3.01. The van der Waals surface area contributed by atoms with Gasteiger partial charge in [-0.2, -0.15) is 0 Å². The second-order valence-corrected chi connectivity index (χ2v) is 7.76. The van der Waals surface area contributed by atoms with E-state index < -0.39 is 0 Å². The number of nitrogens with one attached hydrogen (secondary N) is 1. The normalized spacial score (nSPS) is 14.8. The lowest BCUT2D eigenvalue weighted by atomic mass is 9.98. The molecule has 30 heavy (non-hydrogen) atoms. The molecule has 7 nitrogen and oxygen atoms in total. The van der Waals surface area contributed by atoms with Gasteiger partial charge in [0.2, 0.25) is 0 Å². The molecule has 1 aromatic carbocycles. The van der Waals surface area contributed by atoms with Gasteiger partial charge >= 0.3 is 0 Å². The summed E-state index contributed by atoms with van der Waals surface area (Å²) in [4.78, 5) is 30.7. The minimum atomic E-state index is -0.149. The van der Waals surface area contributed by atoms with Crippen LogP contribution in [0.3, 0.4) is 0 Å². The van der Waals surface area contributed by atoms with Crippen LogP contribution in [0.4, 0.5) is 11.4 Å². The Morgan fingerprint density at radius 2 is 1.97 bits per heavy atom. The second-order valence-electron chi connectivity index (χ2n) is 7.76. The first-order chi connectivity index (χ1) is 14.6. The quantitative estimate of drug-likeness (QED) is 0.615. The highest BCUT2D eigenvalue weighted by Crippen LogP contribution is 2.23. The zero-order chi connectivity index (χ0) is 21.1. The zero-order valence-corrected chi connectivity index (χ0v) is 17.2. The maximum Gasteiger partial charge on any atom is 0.270 e. The molecule has 1 aliphatic rings. The van der Waals surface area contributed by atoms with Crippen molar-refractivity contribution < 1.29 is 9.59 Å². The summed E-state index contributed by atoms with van der Waals surface area (Å²) >= 11 is 0. The Labute approximate surface area is 175 Å². The third-order valence-corrected chi connectivity index (χ3v) is 5.76. The van der Waals surface area contributed by atoms with Gasteiger partial charge in [-0.3, -0.25) is 9.20 Å². The second kappa shape index (κ2) is 8.57. The van der Waals surface area contributed by atoms with Gasteiger partial charge in [0.1, 0.15) is 17.6 Å². The molecule has 1 amide bonds. The third kappa shape index (κ3) is 4.01. The lowest BCUT2D eigenvalue weighted by molar-refractivity contribution is -0.111. The average Bonchev–Trinajstić information content (AvgIpc) is 3.15. The minimum absolute atomic E-state index is 0.149. The number of benzene rings is 1. The van der Waals surface area contributed by atoms with Gasteiger partial charge in [0.25, 0.3) is 5.91 Å². The Hall–Kier alpha value is -3.35. The van der Waals surface area contributed by atoms with Crippen molar-refractivity contribution in [2.75, 3.05) is 23.7 Å². The van der Waals surface area contributed by atoms with E-state index in [1.165, 1.54) is 0 Å². The summed E-state index contributed by atoms with van der Waals surface area (Å²) in [6.07, 6.45) is 5.35. The summed E-state index contributed by atoms with van der Waals surface area (Å²) < 4.78 is 1.79. The van der Waals surface area contributed by atoms with E-state index in [0.29, 0.717) is 30.0 Å². The van der Waals surface area contributed by atoms with Crippen molar-refractivity contribution in [1.29, 1.82) is 0 Å². The number of nitrogens with two attached hydrogens (primary N) is 1. The SMILES string of the molecule is CCc1nc2cc(N)ccn2c1C(=O)NCc1ccc(N2CCC(C=O)CC2)cc1. The zero-order valence-electron chi connectivity index (χ0n) is 17.2. The number of anilines is 2. The number of pyridine rings is 1. The Balaban J connectivity index is 1.42. The van der Waals surface area contributed by atoms with Gasteiger partial charge in [-0.05, 0) is 43.0 Å². The predicted octanol–water partition coefficient (Wildman–Crippen LogP) is 2.82. The third-order valence-electron chi connectivity index (χ3n) is 5.76. The molecule has 4 rings (SSSR count). The predicted molar refractivity (Wildman–Crippen MR) is 118 cm³/mol. The van der Waals surface area contributed by atoms with Gasteiger partial charge in [0.05, 0.1) is 5.69 Å². The molecule has 7 heteroatoms. The summed E-state index contributed by atoms with van der Waals surface area (Å²) in [6, 6.07) is 11.8. The van der Waals surface area contributed by atoms with E-state index in [2.05, 4.69) is 27.3 Å². The van der Waals surface area contributed by atoms with E-state index in [4.69, 9.17) is 5.73 Å². The number of carbonyl (C=O) groups is 2. The lowest BCUT2D eigenvalue weighted by Gasteiger charge is -2.31. The van der Waals surface area contributed by atoms with Crippen LogP contribution in [0.2, 0.25) is 0 Å². The van der Waals surface area contributed by atoms with E-state index in [-0.39, 0.29) is 11.8 Å². The Morgan fingerprint density at radius 3 is 2.63 bits per heavy atom. The van der Waals surface area contributed by atoms with E-state index in [1.54, 1.807) is 22.7 Å². The molecule has 0 atom stereocenters. The van der Waals surface area contributed by atoms with Crippen LogP contribution in [0, 0.1) is 5.92 Å². The fourth-order valence-corrected chi connectivity index (χ4v) is 3.98. The molecule has 0 saturated carbocycles. The molecule has 156 valence electrons. The number of aryl methyl sites for hydroxylation is 1. The van der Waals surface area contributed by atoms with Crippen LogP contribution in [-0.2, 0) is 17.8 Å². The number of rotatable bonds is 6. The lowest BCUT2D eigenvalue weighted by Crippen LogP contribution is -2.34. The number of nitrogen functional groups attached to an aromatic ring is 1. The van der Waals surface area contributed by atoms with Crippen LogP contribution >= 0.6 is 0 Å². The number of nitrogens with zero attached hydrogens (tertiary/aromatic N) is 3. The molecule has 0 spiro atoms. The minimum Gasteiger partial charge on any atom is -0.399 e. The number of hydrogen-bond acceptors (Lipinski definition) is 5. The van der Waals surface area contributed by atoms with Crippen LogP contribution in [-0.4, -0.2) is 34.7 Å². The average molecular weight is 406 g/mol. The Kier molecular flexibility index (Phi) is 5.70. The van der Waals surface area contributed by atoms with Gasteiger partial charge in [-0.1, -0.05) is 19.1 Å². The van der Waals surface area contributed by atoms with Crippen molar-refractivity contribution >= 4 is 29.2 Å².